The van der Waals surface area contributed by atoms with Crippen molar-refractivity contribution in [3.63, 3.8) is 0 Å². The Balaban J connectivity index is 1.48. The fraction of sp³-hybridized carbons (Fsp3) is 0.143. The molecule has 0 unspecified atom stereocenters. The number of furan rings is 1. The van der Waals surface area contributed by atoms with Crippen LogP contribution in [0.15, 0.2) is 76.3 Å². The summed E-state index contributed by atoms with van der Waals surface area (Å²) in [6, 6.07) is 18.6. The molecule has 0 aliphatic rings. The summed E-state index contributed by atoms with van der Waals surface area (Å²) in [6.45, 7) is 1.22. The third kappa shape index (κ3) is 5.62. The van der Waals surface area contributed by atoms with E-state index in [2.05, 4.69) is 20.9 Å². The number of benzene rings is 2. The number of aliphatic imine (C=N–C) groups is 1. The lowest BCUT2D eigenvalue weighted by atomic mass is 10.2. The Morgan fingerprint density at radius 2 is 1.75 bits per heavy atom. The zero-order valence-corrected chi connectivity index (χ0v) is 16.2. The number of halogens is 1. The third-order valence-electron chi connectivity index (χ3n) is 3.99. The molecular weight excluding hydrogens is 376 g/mol. The SMILES string of the molecule is CN=C(NCc1ccc(NC(=O)c2ccco2)cc1)NCc1cccc(Cl)c1. The van der Waals surface area contributed by atoms with Crippen LogP contribution >= 0.6 is 11.6 Å². The zero-order chi connectivity index (χ0) is 19.8. The molecule has 0 saturated carbocycles. The molecule has 7 heteroatoms. The van der Waals surface area contributed by atoms with Crippen molar-refractivity contribution >= 4 is 29.2 Å². The molecule has 0 saturated heterocycles. The Labute approximate surface area is 168 Å². The van der Waals surface area contributed by atoms with Crippen molar-refractivity contribution in [1.29, 1.82) is 0 Å². The van der Waals surface area contributed by atoms with Crippen LogP contribution in [0.5, 0.6) is 0 Å². The minimum absolute atomic E-state index is 0.276. The normalized spacial score (nSPS) is 11.1. The van der Waals surface area contributed by atoms with Crippen molar-refractivity contribution in [2.45, 2.75) is 13.1 Å². The predicted octanol–water partition coefficient (Wildman–Crippen LogP) is 4.05. The van der Waals surface area contributed by atoms with Crippen LogP contribution in [0.3, 0.4) is 0 Å². The maximum atomic E-state index is 12.0. The largest absolute Gasteiger partial charge is 0.459 e. The van der Waals surface area contributed by atoms with Crippen LogP contribution in [0.2, 0.25) is 5.02 Å². The monoisotopic (exact) mass is 396 g/mol. The van der Waals surface area contributed by atoms with Gasteiger partial charge in [0.25, 0.3) is 5.91 Å². The van der Waals surface area contributed by atoms with E-state index in [-0.39, 0.29) is 11.7 Å². The van der Waals surface area contributed by atoms with Crippen LogP contribution in [0.25, 0.3) is 0 Å². The Bertz CT molecular complexity index is 937. The highest BCUT2D eigenvalue weighted by Crippen LogP contribution is 2.12. The molecule has 1 amide bonds. The summed E-state index contributed by atoms with van der Waals surface area (Å²) in [5.74, 6) is 0.692. The minimum Gasteiger partial charge on any atom is -0.459 e. The Morgan fingerprint density at radius 1 is 1.00 bits per heavy atom. The van der Waals surface area contributed by atoms with Gasteiger partial charge < -0.3 is 20.4 Å². The van der Waals surface area contributed by atoms with Crippen molar-refractivity contribution < 1.29 is 9.21 Å². The minimum atomic E-state index is -0.276. The molecule has 0 aliphatic heterocycles. The van der Waals surface area contributed by atoms with Gasteiger partial charge in [0, 0.05) is 30.8 Å². The molecule has 144 valence electrons. The number of nitrogens with one attached hydrogen (secondary N) is 3. The van der Waals surface area contributed by atoms with E-state index in [1.54, 1.807) is 19.2 Å². The smallest absolute Gasteiger partial charge is 0.291 e. The molecule has 2 aromatic carbocycles. The van der Waals surface area contributed by atoms with Crippen LogP contribution in [0.1, 0.15) is 21.7 Å². The summed E-state index contributed by atoms with van der Waals surface area (Å²) in [5, 5.41) is 10.0. The van der Waals surface area contributed by atoms with Gasteiger partial charge in [-0.15, -0.1) is 0 Å². The number of guanidine groups is 1. The number of carbonyl (C=O) groups is 1. The number of nitrogens with zero attached hydrogens (tertiary/aromatic N) is 1. The van der Waals surface area contributed by atoms with E-state index in [9.17, 15) is 4.79 Å². The summed E-state index contributed by atoms with van der Waals surface area (Å²) in [6.07, 6.45) is 1.47. The summed E-state index contributed by atoms with van der Waals surface area (Å²) >= 11 is 6.00. The first-order valence-corrected chi connectivity index (χ1v) is 9.14. The van der Waals surface area contributed by atoms with Gasteiger partial charge in [-0.05, 0) is 47.5 Å². The Hall–Kier alpha value is -3.25. The van der Waals surface area contributed by atoms with Crippen LogP contribution in [-0.2, 0) is 13.1 Å². The lowest BCUT2D eigenvalue weighted by Gasteiger charge is -2.12. The highest BCUT2D eigenvalue weighted by molar-refractivity contribution is 6.30. The molecule has 3 rings (SSSR count). The van der Waals surface area contributed by atoms with Gasteiger partial charge in [0.15, 0.2) is 11.7 Å². The van der Waals surface area contributed by atoms with Gasteiger partial charge in [-0.25, -0.2) is 0 Å². The maximum Gasteiger partial charge on any atom is 0.291 e. The number of hydrogen-bond donors (Lipinski definition) is 3. The van der Waals surface area contributed by atoms with Crippen molar-refractivity contribution in [1.82, 2.24) is 10.6 Å². The van der Waals surface area contributed by atoms with E-state index in [1.807, 2.05) is 48.5 Å². The van der Waals surface area contributed by atoms with Crippen LogP contribution in [0, 0.1) is 0 Å². The summed E-state index contributed by atoms with van der Waals surface area (Å²) in [5.41, 5.74) is 2.84. The molecule has 1 heterocycles. The zero-order valence-electron chi connectivity index (χ0n) is 15.4. The molecule has 0 aliphatic carbocycles. The highest BCUT2D eigenvalue weighted by atomic mass is 35.5. The molecule has 3 aromatic rings. The fourth-order valence-corrected chi connectivity index (χ4v) is 2.76. The quantitative estimate of drug-likeness (QED) is 0.434. The molecule has 28 heavy (non-hydrogen) atoms. The summed E-state index contributed by atoms with van der Waals surface area (Å²) < 4.78 is 5.08. The van der Waals surface area contributed by atoms with Gasteiger partial charge in [0.1, 0.15) is 0 Å². The van der Waals surface area contributed by atoms with E-state index < -0.39 is 0 Å². The summed E-state index contributed by atoms with van der Waals surface area (Å²) in [7, 11) is 1.72. The molecular formula is C21H21ClN4O2. The van der Waals surface area contributed by atoms with E-state index >= 15 is 0 Å². The van der Waals surface area contributed by atoms with Crippen LogP contribution < -0.4 is 16.0 Å². The predicted molar refractivity (Wildman–Crippen MR) is 112 cm³/mol. The lowest BCUT2D eigenvalue weighted by Crippen LogP contribution is -2.36. The number of hydrogen-bond acceptors (Lipinski definition) is 3. The second-order valence-electron chi connectivity index (χ2n) is 6.04. The van der Waals surface area contributed by atoms with Crippen molar-refractivity contribution in [2.24, 2.45) is 4.99 Å². The van der Waals surface area contributed by atoms with Gasteiger partial charge in [0.2, 0.25) is 0 Å². The molecule has 0 fully saturated rings. The van der Waals surface area contributed by atoms with E-state index in [4.69, 9.17) is 16.0 Å². The molecule has 6 nitrogen and oxygen atoms in total. The van der Waals surface area contributed by atoms with Crippen molar-refractivity contribution in [2.75, 3.05) is 12.4 Å². The van der Waals surface area contributed by atoms with Gasteiger partial charge in [-0.2, -0.15) is 0 Å². The van der Waals surface area contributed by atoms with Crippen LogP contribution in [0.4, 0.5) is 5.69 Å². The molecule has 0 spiro atoms. The van der Waals surface area contributed by atoms with Gasteiger partial charge in [-0.3, -0.25) is 9.79 Å². The maximum absolute atomic E-state index is 12.0. The second kappa shape index (κ2) is 9.62. The Morgan fingerprint density at radius 3 is 2.39 bits per heavy atom. The average molecular weight is 397 g/mol. The number of carbonyl (C=O) groups excluding carboxylic acids is 1. The fourth-order valence-electron chi connectivity index (χ4n) is 2.55. The molecule has 0 atom stereocenters. The Kier molecular flexibility index (Phi) is 6.70. The summed E-state index contributed by atoms with van der Waals surface area (Å²) in [4.78, 5) is 16.2. The van der Waals surface area contributed by atoms with E-state index in [1.165, 1.54) is 6.26 Å². The number of rotatable bonds is 6. The first-order valence-electron chi connectivity index (χ1n) is 8.77. The first-order chi connectivity index (χ1) is 13.6. The van der Waals surface area contributed by atoms with Gasteiger partial charge in [-0.1, -0.05) is 35.9 Å². The standard InChI is InChI=1S/C21H21ClN4O2/c1-23-21(25-14-16-4-2-5-17(22)12-16)24-13-15-7-9-18(10-8-15)26-20(27)19-6-3-11-28-19/h2-12H,13-14H2,1H3,(H,26,27)(H2,23,24,25). The average Bonchev–Trinajstić information content (AvgIpc) is 3.24. The highest BCUT2D eigenvalue weighted by Gasteiger charge is 2.08. The third-order valence-corrected chi connectivity index (χ3v) is 4.22. The molecule has 1 aromatic heterocycles. The molecule has 0 radical (unpaired) electrons. The second-order valence-corrected chi connectivity index (χ2v) is 6.47. The van der Waals surface area contributed by atoms with Crippen molar-refractivity contribution in [3.8, 4) is 0 Å². The number of amides is 1. The topological polar surface area (TPSA) is 78.7 Å². The van der Waals surface area contributed by atoms with E-state index in [0.717, 1.165) is 11.1 Å². The van der Waals surface area contributed by atoms with Crippen molar-refractivity contribution in [3.05, 3.63) is 88.8 Å². The molecule has 3 N–H and O–H groups in total. The van der Waals surface area contributed by atoms with Gasteiger partial charge >= 0.3 is 0 Å². The van der Waals surface area contributed by atoms with E-state index in [0.29, 0.717) is 29.8 Å². The van der Waals surface area contributed by atoms with Crippen LogP contribution in [-0.4, -0.2) is 18.9 Å². The lowest BCUT2D eigenvalue weighted by molar-refractivity contribution is 0.0996. The molecule has 0 bridgehead atoms. The number of anilines is 1. The first kappa shape index (κ1) is 19.5. The van der Waals surface area contributed by atoms with Gasteiger partial charge in [0.05, 0.1) is 6.26 Å².